The zero-order chi connectivity index (χ0) is 17.4. The molecule has 8 nitrogen and oxygen atoms in total. The summed E-state index contributed by atoms with van der Waals surface area (Å²) < 4.78 is 24.1. The van der Waals surface area contributed by atoms with E-state index in [1.807, 2.05) is 13.8 Å². The van der Waals surface area contributed by atoms with Crippen molar-refractivity contribution in [2.24, 2.45) is 0 Å². The number of likely N-dealkylation sites (N-methyl/N-ethyl adjacent to an activating group) is 1. The van der Waals surface area contributed by atoms with Gasteiger partial charge in [-0.3, -0.25) is 4.79 Å². The molecule has 0 bridgehead atoms. The lowest BCUT2D eigenvalue weighted by atomic mass is 10.0. The van der Waals surface area contributed by atoms with E-state index < -0.39 is 21.9 Å². The van der Waals surface area contributed by atoms with Gasteiger partial charge < -0.3 is 20.0 Å². The van der Waals surface area contributed by atoms with Crippen molar-refractivity contribution in [3.8, 4) is 0 Å². The molecule has 0 spiro atoms. The largest absolute Gasteiger partial charge is 0.336 e. The maximum absolute atomic E-state index is 12.4. The Kier molecular flexibility index (Phi) is 5.20. The van der Waals surface area contributed by atoms with E-state index >= 15 is 0 Å². The van der Waals surface area contributed by atoms with Crippen LogP contribution in [0.3, 0.4) is 0 Å². The molecular formula is C14H26N4O4S. The number of rotatable bonds is 3. The van der Waals surface area contributed by atoms with Crippen molar-refractivity contribution in [1.29, 1.82) is 0 Å². The monoisotopic (exact) mass is 346 g/mol. The molecule has 0 aromatic rings. The van der Waals surface area contributed by atoms with E-state index in [-0.39, 0.29) is 36.0 Å². The third kappa shape index (κ3) is 4.14. The van der Waals surface area contributed by atoms with E-state index in [0.717, 1.165) is 0 Å². The quantitative estimate of drug-likeness (QED) is 0.706. The van der Waals surface area contributed by atoms with Crippen molar-refractivity contribution in [3.05, 3.63) is 0 Å². The highest BCUT2D eigenvalue weighted by molar-refractivity contribution is 7.91. The molecular weight excluding hydrogens is 320 g/mol. The average Bonchev–Trinajstić information content (AvgIpc) is 2.70. The Bertz CT molecular complexity index is 531. The molecule has 0 aromatic heterocycles. The van der Waals surface area contributed by atoms with E-state index in [2.05, 4.69) is 5.32 Å². The predicted molar refractivity (Wildman–Crippen MR) is 86.9 cm³/mol. The van der Waals surface area contributed by atoms with Gasteiger partial charge in [0.25, 0.3) is 0 Å². The molecule has 9 heteroatoms. The van der Waals surface area contributed by atoms with Gasteiger partial charge in [0.15, 0.2) is 9.84 Å². The van der Waals surface area contributed by atoms with E-state index in [1.54, 1.807) is 28.8 Å². The number of fused-ring (bicyclic) bond motifs is 1. The number of piperazine rings is 1. The Hall–Kier alpha value is -1.35. The highest BCUT2D eigenvalue weighted by Gasteiger charge is 2.49. The molecule has 2 heterocycles. The topological polar surface area (TPSA) is 90.0 Å². The Morgan fingerprint density at radius 1 is 1.13 bits per heavy atom. The molecule has 3 amide bonds. The fourth-order valence-electron chi connectivity index (χ4n) is 3.21. The summed E-state index contributed by atoms with van der Waals surface area (Å²) in [6, 6.07) is -1.18. The summed E-state index contributed by atoms with van der Waals surface area (Å²) in [6.45, 7) is 4.68. The van der Waals surface area contributed by atoms with Crippen LogP contribution in [0.25, 0.3) is 0 Å². The Balaban J connectivity index is 2.20. The first-order valence-electron chi connectivity index (χ1n) is 7.82. The fraction of sp³-hybridized carbons (Fsp3) is 0.857. The van der Waals surface area contributed by atoms with Gasteiger partial charge in [-0.1, -0.05) is 0 Å². The van der Waals surface area contributed by atoms with Gasteiger partial charge in [0, 0.05) is 19.1 Å². The first kappa shape index (κ1) is 18.0. The number of amides is 3. The lowest BCUT2D eigenvalue weighted by molar-refractivity contribution is -0.136. The molecule has 23 heavy (non-hydrogen) atoms. The van der Waals surface area contributed by atoms with Crippen molar-refractivity contribution >= 4 is 21.8 Å². The molecule has 0 aromatic carbocycles. The van der Waals surface area contributed by atoms with Gasteiger partial charge in [0.1, 0.15) is 0 Å². The first-order valence-corrected chi connectivity index (χ1v) is 9.64. The summed E-state index contributed by atoms with van der Waals surface area (Å²) in [5.41, 5.74) is 0. The van der Waals surface area contributed by atoms with Crippen LogP contribution in [-0.2, 0) is 14.6 Å². The molecule has 132 valence electrons. The van der Waals surface area contributed by atoms with Crippen LogP contribution in [0.15, 0.2) is 0 Å². The number of nitrogens with zero attached hydrogens (tertiary/aromatic N) is 3. The average molecular weight is 346 g/mol. The number of sulfone groups is 1. The van der Waals surface area contributed by atoms with Gasteiger partial charge in [-0.25, -0.2) is 13.2 Å². The third-order valence-corrected chi connectivity index (χ3v) is 5.82. The van der Waals surface area contributed by atoms with Crippen LogP contribution in [0.2, 0.25) is 0 Å². The van der Waals surface area contributed by atoms with Crippen LogP contribution in [0.4, 0.5) is 4.79 Å². The molecule has 0 radical (unpaired) electrons. The zero-order valence-electron chi connectivity index (χ0n) is 14.2. The highest BCUT2D eigenvalue weighted by atomic mass is 32.2. The van der Waals surface area contributed by atoms with Crippen LogP contribution in [0, 0.1) is 0 Å². The summed E-state index contributed by atoms with van der Waals surface area (Å²) in [5.74, 6) is -0.233. The zero-order valence-corrected chi connectivity index (χ0v) is 15.0. The number of hydrogen-bond acceptors (Lipinski definition) is 5. The van der Waals surface area contributed by atoms with Crippen LogP contribution < -0.4 is 5.32 Å². The second-order valence-electron chi connectivity index (χ2n) is 6.83. The van der Waals surface area contributed by atoms with Gasteiger partial charge in [-0.2, -0.15) is 0 Å². The van der Waals surface area contributed by atoms with Gasteiger partial charge in [0.05, 0.1) is 30.1 Å². The van der Waals surface area contributed by atoms with Gasteiger partial charge in [0.2, 0.25) is 5.91 Å². The first-order chi connectivity index (χ1) is 10.6. The van der Waals surface area contributed by atoms with Gasteiger partial charge in [-0.15, -0.1) is 0 Å². The van der Waals surface area contributed by atoms with Crippen molar-refractivity contribution in [3.63, 3.8) is 0 Å². The molecule has 2 rings (SSSR count). The SMILES string of the molecule is CC(C)NC(=O)N1CCN(C(=O)CN(C)C)[C@H]2CS(=O)(=O)C[C@H]21. The van der Waals surface area contributed by atoms with E-state index in [4.69, 9.17) is 0 Å². The smallest absolute Gasteiger partial charge is 0.318 e. The standard InChI is InChI=1S/C14H26N4O4S/c1-10(2)15-14(20)18-6-5-17(13(19)7-16(3)4)11-8-23(21,22)9-12(11)18/h10-12H,5-9H2,1-4H3,(H,15,20)/t11-,12+/m0/s1. The van der Waals surface area contributed by atoms with Crippen LogP contribution in [0.5, 0.6) is 0 Å². The second kappa shape index (κ2) is 6.64. The lowest BCUT2D eigenvalue weighted by Gasteiger charge is -2.44. The Morgan fingerprint density at radius 3 is 2.17 bits per heavy atom. The molecule has 2 fully saturated rings. The van der Waals surface area contributed by atoms with Crippen molar-refractivity contribution in [1.82, 2.24) is 20.0 Å². The molecule has 2 aliphatic rings. The predicted octanol–water partition coefficient (Wildman–Crippen LogP) is -1.02. The fourth-order valence-corrected chi connectivity index (χ4v) is 5.19. The Labute approximate surface area is 137 Å². The Morgan fingerprint density at radius 2 is 1.65 bits per heavy atom. The lowest BCUT2D eigenvalue weighted by Crippen LogP contribution is -2.64. The summed E-state index contributed by atoms with van der Waals surface area (Å²) in [4.78, 5) is 29.7. The van der Waals surface area contributed by atoms with E-state index in [9.17, 15) is 18.0 Å². The maximum Gasteiger partial charge on any atom is 0.318 e. The summed E-state index contributed by atoms with van der Waals surface area (Å²) >= 11 is 0. The number of nitrogens with one attached hydrogen (secondary N) is 1. The highest BCUT2D eigenvalue weighted by Crippen LogP contribution is 2.27. The minimum atomic E-state index is -3.25. The molecule has 0 aliphatic carbocycles. The van der Waals surface area contributed by atoms with Crippen LogP contribution in [0.1, 0.15) is 13.8 Å². The third-order valence-electron chi connectivity index (χ3n) is 4.12. The van der Waals surface area contributed by atoms with E-state index in [0.29, 0.717) is 13.1 Å². The number of hydrogen-bond donors (Lipinski definition) is 1. The molecule has 0 unspecified atom stereocenters. The van der Waals surface area contributed by atoms with E-state index in [1.165, 1.54) is 0 Å². The van der Waals surface area contributed by atoms with Gasteiger partial charge in [-0.05, 0) is 27.9 Å². The number of carbonyl (C=O) groups excluding carboxylic acids is 2. The van der Waals surface area contributed by atoms with Crippen molar-refractivity contribution in [2.45, 2.75) is 32.0 Å². The summed E-state index contributed by atoms with van der Waals surface area (Å²) in [6.07, 6.45) is 0. The minimum absolute atomic E-state index is 0.0210. The van der Waals surface area contributed by atoms with Crippen LogP contribution >= 0.6 is 0 Å². The maximum atomic E-state index is 12.4. The number of carbonyl (C=O) groups is 2. The summed E-state index contributed by atoms with van der Waals surface area (Å²) in [5, 5.41) is 2.81. The van der Waals surface area contributed by atoms with Crippen molar-refractivity contribution < 1.29 is 18.0 Å². The second-order valence-corrected chi connectivity index (χ2v) is 8.99. The summed E-state index contributed by atoms with van der Waals surface area (Å²) in [7, 11) is 0.350. The molecule has 2 aliphatic heterocycles. The number of urea groups is 1. The van der Waals surface area contributed by atoms with Crippen LogP contribution in [-0.4, -0.2) is 98.4 Å². The minimum Gasteiger partial charge on any atom is -0.336 e. The molecule has 1 N–H and O–H groups in total. The molecule has 2 atom stereocenters. The van der Waals surface area contributed by atoms with Gasteiger partial charge >= 0.3 is 6.03 Å². The molecule has 0 saturated carbocycles. The normalized spacial score (nSPS) is 26.5. The van der Waals surface area contributed by atoms with Crippen molar-refractivity contribution in [2.75, 3.05) is 45.2 Å². The molecule has 2 saturated heterocycles.